The predicted molar refractivity (Wildman–Crippen MR) is 75.7 cm³/mol. The van der Waals surface area contributed by atoms with Crippen molar-refractivity contribution in [3.63, 3.8) is 0 Å². The van der Waals surface area contributed by atoms with Gasteiger partial charge in [-0.2, -0.15) is 0 Å². The summed E-state index contributed by atoms with van der Waals surface area (Å²) in [6, 6.07) is 3.82. The first-order valence-corrected chi connectivity index (χ1v) is 7.27. The third kappa shape index (κ3) is 3.04. The van der Waals surface area contributed by atoms with Gasteiger partial charge in [-0.3, -0.25) is 0 Å². The molecule has 1 heterocycles. The molecule has 0 bridgehead atoms. The summed E-state index contributed by atoms with van der Waals surface area (Å²) in [5, 5.41) is 0. The van der Waals surface area contributed by atoms with Gasteiger partial charge in [-0.1, -0.05) is 0 Å². The van der Waals surface area contributed by atoms with Gasteiger partial charge in [0.1, 0.15) is 11.5 Å². The lowest BCUT2D eigenvalue weighted by molar-refractivity contribution is -0.150. The molecular formula is C14H19BrO4. The monoisotopic (exact) mass is 330 g/mol. The Morgan fingerprint density at radius 2 is 1.68 bits per heavy atom. The lowest BCUT2D eigenvalue weighted by atomic mass is 10.1. The summed E-state index contributed by atoms with van der Waals surface area (Å²) in [5.74, 6) is 0.743. The Balaban J connectivity index is 2.43. The molecule has 0 radical (unpaired) electrons. The molecule has 5 heteroatoms. The van der Waals surface area contributed by atoms with Crippen molar-refractivity contribution in [1.29, 1.82) is 0 Å². The quantitative estimate of drug-likeness (QED) is 0.828. The number of benzene rings is 1. The van der Waals surface area contributed by atoms with E-state index in [4.69, 9.17) is 18.9 Å². The Hall–Kier alpha value is -0.780. The summed E-state index contributed by atoms with van der Waals surface area (Å²) >= 11 is 3.51. The van der Waals surface area contributed by atoms with Crippen LogP contribution in [0.15, 0.2) is 16.6 Å². The molecule has 1 aliphatic heterocycles. The average molecular weight is 331 g/mol. The van der Waals surface area contributed by atoms with E-state index in [1.165, 1.54) is 0 Å². The van der Waals surface area contributed by atoms with Crippen molar-refractivity contribution < 1.29 is 18.9 Å². The molecule has 1 aromatic rings. The van der Waals surface area contributed by atoms with Crippen LogP contribution >= 0.6 is 15.9 Å². The number of hydrogen-bond donors (Lipinski definition) is 0. The van der Waals surface area contributed by atoms with Gasteiger partial charge in [0.25, 0.3) is 0 Å². The minimum atomic E-state index is -0.752. The van der Waals surface area contributed by atoms with Crippen LogP contribution in [-0.2, 0) is 15.3 Å². The van der Waals surface area contributed by atoms with Crippen molar-refractivity contribution in [3.05, 3.63) is 22.2 Å². The standard InChI is InChI=1S/C14H19BrO4/c1-4-16-12-9-13(17-5-2)11(15)8-10(12)14(3)18-6-7-19-14/h8-9H,4-7H2,1-3H3. The second kappa shape index (κ2) is 6.11. The van der Waals surface area contributed by atoms with Crippen LogP contribution in [0.1, 0.15) is 26.3 Å². The molecule has 0 N–H and O–H groups in total. The molecular weight excluding hydrogens is 312 g/mol. The molecule has 1 aliphatic rings. The van der Waals surface area contributed by atoms with Crippen molar-refractivity contribution in [2.75, 3.05) is 26.4 Å². The Morgan fingerprint density at radius 3 is 2.26 bits per heavy atom. The van der Waals surface area contributed by atoms with Crippen molar-refractivity contribution in [1.82, 2.24) is 0 Å². The highest BCUT2D eigenvalue weighted by Gasteiger charge is 2.36. The average Bonchev–Trinajstić information content (AvgIpc) is 2.81. The molecule has 19 heavy (non-hydrogen) atoms. The summed E-state index contributed by atoms with van der Waals surface area (Å²) in [4.78, 5) is 0. The van der Waals surface area contributed by atoms with Crippen LogP contribution in [-0.4, -0.2) is 26.4 Å². The van der Waals surface area contributed by atoms with Crippen LogP contribution in [0.4, 0.5) is 0 Å². The van der Waals surface area contributed by atoms with E-state index in [9.17, 15) is 0 Å². The number of halogens is 1. The van der Waals surface area contributed by atoms with Crippen LogP contribution < -0.4 is 9.47 Å². The first kappa shape index (κ1) is 14.6. The highest BCUT2D eigenvalue weighted by atomic mass is 79.9. The molecule has 106 valence electrons. The Bertz CT molecular complexity index is 441. The van der Waals surface area contributed by atoms with Crippen LogP contribution in [0.25, 0.3) is 0 Å². The Kier molecular flexibility index (Phi) is 4.71. The summed E-state index contributed by atoms with van der Waals surface area (Å²) in [5.41, 5.74) is 0.877. The molecule has 2 rings (SSSR count). The predicted octanol–water partition coefficient (Wildman–Crippen LogP) is 3.47. The maximum absolute atomic E-state index is 5.70. The first-order valence-electron chi connectivity index (χ1n) is 6.48. The van der Waals surface area contributed by atoms with Crippen molar-refractivity contribution >= 4 is 15.9 Å². The third-order valence-electron chi connectivity index (χ3n) is 2.96. The topological polar surface area (TPSA) is 36.9 Å². The van der Waals surface area contributed by atoms with Crippen molar-refractivity contribution in [3.8, 4) is 11.5 Å². The van der Waals surface area contributed by atoms with E-state index in [0.717, 1.165) is 21.5 Å². The van der Waals surface area contributed by atoms with E-state index in [1.54, 1.807) is 0 Å². The van der Waals surface area contributed by atoms with E-state index < -0.39 is 5.79 Å². The van der Waals surface area contributed by atoms with Crippen LogP contribution in [0, 0.1) is 0 Å². The maximum atomic E-state index is 5.70. The van der Waals surface area contributed by atoms with Gasteiger partial charge in [0, 0.05) is 6.07 Å². The normalized spacial score (nSPS) is 17.5. The van der Waals surface area contributed by atoms with Gasteiger partial charge in [-0.25, -0.2) is 0 Å². The zero-order valence-corrected chi connectivity index (χ0v) is 13.1. The van der Waals surface area contributed by atoms with Gasteiger partial charge < -0.3 is 18.9 Å². The number of rotatable bonds is 5. The summed E-state index contributed by atoms with van der Waals surface area (Å²) in [7, 11) is 0. The van der Waals surface area contributed by atoms with E-state index in [2.05, 4.69) is 15.9 Å². The minimum absolute atomic E-state index is 0.580. The van der Waals surface area contributed by atoms with E-state index in [0.29, 0.717) is 26.4 Å². The zero-order valence-electron chi connectivity index (χ0n) is 11.5. The Labute approximate surface area is 122 Å². The molecule has 0 aliphatic carbocycles. The smallest absolute Gasteiger partial charge is 0.195 e. The molecule has 0 amide bonds. The van der Waals surface area contributed by atoms with Crippen LogP contribution in [0.3, 0.4) is 0 Å². The molecule has 1 fully saturated rings. The largest absolute Gasteiger partial charge is 0.493 e. The highest BCUT2D eigenvalue weighted by Crippen LogP contribution is 2.42. The summed E-state index contributed by atoms with van der Waals surface area (Å²) in [6.07, 6.45) is 0. The summed E-state index contributed by atoms with van der Waals surface area (Å²) in [6.45, 7) is 8.17. The fourth-order valence-electron chi connectivity index (χ4n) is 2.10. The molecule has 0 spiro atoms. The van der Waals surface area contributed by atoms with Gasteiger partial charge in [0.05, 0.1) is 36.5 Å². The molecule has 0 unspecified atom stereocenters. The maximum Gasteiger partial charge on any atom is 0.195 e. The minimum Gasteiger partial charge on any atom is -0.493 e. The van der Waals surface area contributed by atoms with E-state index >= 15 is 0 Å². The molecule has 0 saturated carbocycles. The molecule has 1 aromatic carbocycles. The second-order valence-electron chi connectivity index (χ2n) is 4.29. The molecule has 1 saturated heterocycles. The lowest BCUT2D eigenvalue weighted by Gasteiger charge is -2.26. The van der Waals surface area contributed by atoms with E-state index in [-0.39, 0.29) is 0 Å². The number of ether oxygens (including phenoxy) is 4. The molecule has 0 aromatic heterocycles. The van der Waals surface area contributed by atoms with Gasteiger partial charge in [0.2, 0.25) is 0 Å². The fraction of sp³-hybridized carbons (Fsp3) is 0.571. The highest BCUT2D eigenvalue weighted by molar-refractivity contribution is 9.10. The third-order valence-corrected chi connectivity index (χ3v) is 3.58. The van der Waals surface area contributed by atoms with Crippen LogP contribution in [0.5, 0.6) is 11.5 Å². The van der Waals surface area contributed by atoms with Crippen molar-refractivity contribution in [2.24, 2.45) is 0 Å². The Morgan fingerprint density at radius 1 is 1.11 bits per heavy atom. The second-order valence-corrected chi connectivity index (χ2v) is 5.14. The molecule has 0 atom stereocenters. The van der Waals surface area contributed by atoms with Crippen LogP contribution in [0.2, 0.25) is 0 Å². The van der Waals surface area contributed by atoms with Gasteiger partial charge in [-0.15, -0.1) is 0 Å². The zero-order chi connectivity index (χ0) is 13.9. The summed E-state index contributed by atoms with van der Waals surface area (Å²) < 4.78 is 23.5. The molecule has 4 nitrogen and oxygen atoms in total. The van der Waals surface area contributed by atoms with Gasteiger partial charge >= 0.3 is 0 Å². The fourth-order valence-corrected chi connectivity index (χ4v) is 2.56. The van der Waals surface area contributed by atoms with Crippen molar-refractivity contribution in [2.45, 2.75) is 26.6 Å². The number of hydrogen-bond acceptors (Lipinski definition) is 4. The van der Waals surface area contributed by atoms with Gasteiger partial charge in [-0.05, 0) is 42.8 Å². The van der Waals surface area contributed by atoms with Gasteiger partial charge in [0.15, 0.2) is 5.79 Å². The lowest BCUT2D eigenvalue weighted by Crippen LogP contribution is -2.23. The first-order chi connectivity index (χ1) is 9.10. The SMILES string of the molecule is CCOc1cc(OCC)c(C2(C)OCCO2)cc1Br. The van der Waals surface area contributed by atoms with E-state index in [1.807, 2.05) is 32.9 Å².